The molecule has 1 amide bonds. The Morgan fingerprint density at radius 2 is 1.16 bits per heavy atom. The van der Waals surface area contributed by atoms with Crippen LogP contribution in [0.5, 0.6) is 5.75 Å². The first-order chi connectivity index (χ1) is 28.7. The zero-order valence-corrected chi connectivity index (χ0v) is 49.5. The molecular formula is C49H97NO10Si4. The van der Waals surface area contributed by atoms with Crippen molar-refractivity contribution >= 4 is 39.2 Å². The van der Waals surface area contributed by atoms with Gasteiger partial charge in [-0.05, 0) is 97.1 Å². The molecule has 0 spiro atoms. The predicted molar refractivity (Wildman–Crippen MR) is 273 cm³/mol. The highest BCUT2D eigenvalue weighted by molar-refractivity contribution is 6.75. The van der Waals surface area contributed by atoms with Crippen LogP contribution in [0.1, 0.15) is 109 Å². The summed E-state index contributed by atoms with van der Waals surface area (Å²) in [4.78, 5) is 19.4. The van der Waals surface area contributed by atoms with Crippen LogP contribution in [0.4, 0.5) is 0 Å². The second kappa shape index (κ2) is 21.8. The summed E-state index contributed by atoms with van der Waals surface area (Å²) < 4.78 is 47.9. The Hall–Kier alpha value is -0.962. The molecule has 374 valence electrons. The van der Waals surface area contributed by atoms with E-state index in [9.17, 15) is 9.90 Å². The summed E-state index contributed by atoms with van der Waals surface area (Å²) in [5.41, 5.74) is 0.279. The van der Waals surface area contributed by atoms with Crippen LogP contribution in [0.3, 0.4) is 0 Å². The van der Waals surface area contributed by atoms with E-state index in [1.807, 2.05) is 24.3 Å². The summed E-state index contributed by atoms with van der Waals surface area (Å²) in [6, 6.07) is 7.93. The van der Waals surface area contributed by atoms with Gasteiger partial charge in [0.25, 0.3) is 0 Å². The van der Waals surface area contributed by atoms with Crippen LogP contribution in [-0.4, -0.2) is 120 Å². The quantitative estimate of drug-likeness (QED) is 0.0609. The number of ether oxygens (including phenoxy) is 3. The number of nitrogens with zero attached hydrogens (tertiary/aromatic N) is 1. The van der Waals surface area contributed by atoms with Crippen molar-refractivity contribution in [3.63, 3.8) is 0 Å². The van der Waals surface area contributed by atoms with Crippen LogP contribution >= 0.6 is 0 Å². The molecule has 15 heteroatoms. The van der Waals surface area contributed by atoms with Gasteiger partial charge in [0.1, 0.15) is 11.4 Å². The van der Waals surface area contributed by atoms with Gasteiger partial charge in [-0.1, -0.05) is 102 Å². The van der Waals surface area contributed by atoms with Crippen molar-refractivity contribution in [3.8, 4) is 5.75 Å². The molecule has 0 saturated carbocycles. The normalized spacial score (nSPS) is 21.2. The fourth-order valence-corrected chi connectivity index (χ4v) is 11.7. The molecule has 11 nitrogen and oxygen atoms in total. The highest BCUT2D eigenvalue weighted by Gasteiger charge is 2.65. The number of benzene rings is 1. The molecule has 0 radical (unpaired) electrons. The van der Waals surface area contributed by atoms with E-state index in [2.05, 4.69) is 149 Å². The lowest BCUT2D eigenvalue weighted by Gasteiger charge is -2.48. The predicted octanol–water partition coefficient (Wildman–Crippen LogP) is 11.8. The Balaban J connectivity index is 2.91. The standard InChI is InChI=1S/C49H97NO10Si4/c1-35(31-55-32-36-26-28-37(53-16)29-27-36)43-49(14,58-43)44(60-64(24,25)48(11,12)13)39(34-57-62(20,21)46(5,6)7)42(52)38(33-56-61(18,19)45(2,3)4)40(30-41(51)50(15)54-17)59-63(22,23)47(8,9)10/h26-29,35,38-40,42-44,52H,30-34H2,1-25H3/t35-,38-,39-,40?,42-,43+,44-,49-/m0/s1. The average molecular weight is 973 g/mol. The molecule has 64 heavy (non-hydrogen) atoms. The zero-order valence-electron chi connectivity index (χ0n) is 45.5. The summed E-state index contributed by atoms with van der Waals surface area (Å²) in [5, 5.41) is 14.4. The number of methoxy groups -OCH3 is 1. The second-order valence-electron chi connectivity index (χ2n) is 25.0. The van der Waals surface area contributed by atoms with E-state index in [0.717, 1.165) is 11.3 Å². The van der Waals surface area contributed by atoms with Crippen molar-refractivity contribution in [1.29, 1.82) is 0 Å². The van der Waals surface area contributed by atoms with Crippen molar-refractivity contribution in [1.82, 2.24) is 5.06 Å². The number of hydrogen-bond acceptors (Lipinski definition) is 10. The third-order valence-corrected chi connectivity index (χ3v) is 33.9. The van der Waals surface area contributed by atoms with Crippen LogP contribution in [0.15, 0.2) is 24.3 Å². The van der Waals surface area contributed by atoms with Crippen LogP contribution in [0.25, 0.3) is 0 Å². The van der Waals surface area contributed by atoms with Crippen LogP contribution < -0.4 is 4.74 Å². The Kier molecular flexibility index (Phi) is 20.1. The fourth-order valence-electron chi connectivity index (χ4n) is 6.83. The molecule has 1 fully saturated rings. The Morgan fingerprint density at radius 3 is 1.58 bits per heavy atom. The number of carbonyl (C=O) groups excluding carboxylic acids is 1. The van der Waals surface area contributed by atoms with Gasteiger partial charge in [-0.3, -0.25) is 9.63 Å². The maximum Gasteiger partial charge on any atom is 0.248 e. The van der Waals surface area contributed by atoms with Gasteiger partial charge >= 0.3 is 0 Å². The lowest BCUT2D eigenvalue weighted by atomic mass is 9.78. The number of aliphatic hydroxyl groups is 1. The lowest BCUT2D eigenvalue weighted by Crippen LogP contribution is -2.59. The maximum atomic E-state index is 14.0. The van der Waals surface area contributed by atoms with Gasteiger partial charge in [0, 0.05) is 38.0 Å². The molecule has 1 aromatic rings. The van der Waals surface area contributed by atoms with E-state index in [1.54, 1.807) is 14.2 Å². The van der Waals surface area contributed by atoms with Gasteiger partial charge in [0.15, 0.2) is 33.3 Å². The average Bonchev–Trinajstić information content (AvgIpc) is 3.84. The van der Waals surface area contributed by atoms with Gasteiger partial charge in [-0.25, -0.2) is 5.06 Å². The first kappa shape index (κ1) is 59.2. The molecule has 1 aromatic carbocycles. The molecule has 1 aliphatic heterocycles. The molecule has 1 saturated heterocycles. The molecule has 0 aromatic heterocycles. The van der Waals surface area contributed by atoms with Crippen molar-refractivity contribution in [2.45, 2.75) is 213 Å². The van der Waals surface area contributed by atoms with E-state index in [1.165, 1.54) is 12.2 Å². The number of amides is 1. The second-order valence-corrected chi connectivity index (χ2v) is 44.1. The number of epoxide rings is 1. The first-order valence-corrected chi connectivity index (χ1v) is 35.3. The smallest absolute Gasteiger partial charge is 0.248 e. The van der Waals surface area contributed by atoms with Crippen molar-refractivity contribution in [2.24, 2.45) is 17.8 Å². The topological polar surface area (TPSA) is 118 Å². The number of rotatable bonds is 24. The van der Waals surface area contributed by atoms with E-state index >= 15 is 0 Å². The summed E-state index contributed by atoms with van der Waals surface area (Å²) in [7, 11) is -5.09. The fraction of sp³-hybridized carbons (Fsp3) is 0.857. The summed E-state index contributed by atoms with van der Waals surface area (Å²) in [6.45, 7) is 50.3. The lowest BCUT2D eigenvalue weighted by molar-refractivity contribution is -0.172. The number of aliphatic hydroxyl groups excluding tert-OH is 1. The first-order valence-electron chi connectivity index (χ1n) is 23.7. The summed E-state index contributed by atoms with van der Waals surface area (Å²) >= 11 is 0. The molecule has 0 aliphatic carbocycles. The van der Waals surface area contributed by atoms with Crippen molar-refractivity contribution in [3.05, 3.63) is 29.8 Å². The van der Waals surface area contributed by atoms with Gasteiger partial charge in [0.05, 0.1) is 58.3 Å². The molecule has 1 unspecified atom stereocenters. The van der Waals surface area contributed by atoms with Gasteiger partial charge < -0.3 is 37.0 Å². The van der Waals surface area contributed by atoms with Crippen LogP contribution in [0.2, 0.25) is 72.5 Å². The maximum absolute atomic E-state index is 14.0. The zero-order chi connectivity index (χ0) is 49.9. The van der Waals surface area contributed by atoms with Crippen LogP contribution in [0, 0.1) is 17.8 Å². The Morgan fingerprint density at radius 1 is 0.719 bits per heavy atom. The van der Waals surface area contributed by atoms with E-state index in [4.69, 9.17) is 36.8 Å². The number of hydrogen-bond donors (Lipinski definition) is 1. The Labute approximate surface area is 396 Å². The van der Waals surface area contributed by atoms with Crippen LogP contribution in [-0.2, 0) is 43.4 Å². The summed E-state index contributed by atoms with van der Waals surface area (Å²) in [6.07, 6.45) is -2.57. The molecule has 1 heterocycles. The molecule has 0 bridgehead atoms. The molecule has 1 N–H and O–H groups in total. The third kappa shape index (κ3) is 15.3. The minimum atomic E-state index is -2.55. The minimum Gasteiger partial charge on any atom is -0.497 e. The van der Waals surface area contributed by atoms with Gasteiger partial charge in [0.2, 0.25) is 5.91 Å². The SMILES string of the molecule is COc1ccc(COC[C@H](C)[C@H]2O[C@]2(C)[C@@H](O[Si](C)(C)C(C)(C)C)[C@@H](CO[Si](C)(C)C(C)(C)C)[C@@H](O)[C@@H](CO[Si](C)(C)C(C)(C)C)C(CC(=O)N(C)OC)O[Si](C)(C)C(C)(C)C)cc1. The molecule has 2 rings (SSSR count). The molecule has 1 aliphatic rings. The highest BCUT2D eigenvalue weighted by Crippen LogP contribution is 2.52. The minimum absolute atomic E-state index is 0.00195. The van der Waals surface area contributed by atoms with Crippen molar-refractivity contribution in [2.75, 3.05) is 41.1 Å². The number of hydroxylamine groups is 2. The van der Waals surface area contributed by atoms with Gasteiger partial charge in [-0.2, -0.15) is 0 Å². The molecule has 8 atom stereocenters. The Bertz CT molecular complexity index is 1610. The largest absolute Gasteiger partial charge is 0.497 e. The highest BCUT2D eigenvalue weighted by atomic mass is 28.4. The van der Waals surface area contributed by atoms with E-state index in [0.29, 0.717) is 13.2 Å². The number of carbonyl (C=O) groups is 1. The van der Waals surface area contributed by atoms with Crippen molar-refractivity contribution < 1.29 is 46.7 Å². The third-order valence-electron chi connectivity index (χ3n) is 15.9. The summed E-state index contributed by atoms with van der Waals surface area (Å²) in [5.74, 6) is -0.634. The van der Waals surface area contributed by atoms with E-state index in [-0.39, 0.29) is 57.7 Å². The van der Waals surface area contributed by atoms with Gasteiger partial charge in [-0.15, -0.1) is 0 Å². The monoisotopic (exact) mass is 972 g/mol. The van der Waals surface area contributed by atoms with E-state index < -0.39 is 69.0 Å². The molecular weight excluding hydrogens is 875 g/mol.